The molecule has 0 aliphatic heterocycles. The molecular weight excluding hydrogens is 214 g/mol. The number of rotatable bonds is 6. The van der Waals surface area contributed by atoms with Crippen LogP contribution in [0.15, 0.2) is 12.4 Å². The van der Waals surface area contributed by atoms with Crippen LogP contribution < -0.4 is 4.90 Å². The molecule has 0 aliphatic carbocycles. The van der Waals surface area contributed by atoms with Gasteiger partial charge in [-0.2, -0.15) is 5.26 Å². The third kappa shape index (κ3) is 4.00. The van der Waals surface area contributed by atoms with Gasteiger partial charge in [0.15, 0.2) is 11.5 Å². The average Bonchev–Trinajstić information content (AvgIpc) is 2.34. The Morgan fingerprint density at radius 3 is 2.53 bits per heavy atom. The Bertz CT molecular complexity index is 383. The zero-order valence-corrected chi connectivity index (χ0v) is 10.7. The lowest BCUT2D eigenvalue weighted by atomic mass is 10.3. The fourth-order valence-electron chi connectivity index (χ4n) is 1.63. The van der Waals surface area contributed by atoms with Gasteiger partial charge in [-0.25, -0.2) is 9.97 Å². The zero-order chi connectivity index (χ0) is 12.7. The van der Waals surface area contributed by atoms with Crippen LogP contribution in [-0.4, -0.2) is 48.6 Å². The monoisotopic (exact) mass is 233 g/mol. The van der Waals surface area contributed by atoms with Gasteiger partial charge in [0.05, 0.1) is 0 Å². The fraction of sp³-hybridized carbons (Fsp3) is 0.583. The number of hydrogen-bond donors (Lipinski definition) is 0. The number of nitrogens with zero attached hydrogens (tertiary/aromatic N) is 5. The summed E-state index contributed by atoms with van der Waals surface area (Å²) in [5, 5.41) is 8.99. The first-order chi connectivity index (χ1) is 8.19. The molecule has 1 aromatic rings. The van der Waals surface area contributed by atoms with E-state index in [1.165, 1.54) is 0 Å². The van der Waals surface area contributed by atoms with Crippen LogP contribution in [-0.2, 0) is 0 Å². The van der Waals surface area contributed by atoms with E-state index < -0.39 is 0 Å². The molecule has 5 nitrogen and oxygen atoms in total. The lowest BCUT2D eigenvalue weighted by Crippen LogP contribution is -2.28. The summed E-state index contributed by atoms with van der Waals surface area (Å²) >= 11 is 0. The molecule has 1 heterocycles. The highest BCUT2D eigenvalue weighted by Crippen LogP contribution is 2.13. The first-order valence-electron chi connectivity index (χ1n) is 5.79. The fourth-order valence-corrected chi connectivity index (χ4v) is 1.63. The van der Waals surface area contributed by atoms with Crippen molar-refractivity contribution < 1.29 is 0 Å². The Labute approximate surface area is 103 Å². The predicted octanol–water partition coefficient (Wildman–Crippen LogP) is 1.13. The van der Waals surface area contributed by atoms with E-state index >= 15 is 0 Å². The largest absolute Gasteiger partial charge is 0.354 e. The molecular formula is C12H19N5. The summed E-state index contributed by atoms with van der Waals surface area (Å²) in [4.78, 5) is 12.5. The molecule has 0 bridgehead atoms. The maximum absolute atomic E-state index is 8.99. The maximum atomic E-state index is 8.99. The molecule has 0 aromatic carbocycles. The normalized spacial score (nSPS) is 10.3. The summed E-state index contributed by atoms with van der Waals surface area (Å²) in [6.45, 7) is 4.81. The Kier molecular flexibility index (Phi) is 5.37. The van der Waals surface area contributed by atoms with E-state index in [1.54, 1.807) is 12.4 Å². The van der Waals surface area contributed by atoms with Gasteiger partial charge in [0.25, 0.3) is 0 Å². The van der Waals surface area contributed by atoms with Gasteiger partial charge in [-0.1, -0.05) is 0 Å². The SMILES string of the molecule is CCN(CCCN(C)C)c1nccnc1C#N. The van der Waals surface area contributed by atoms with E-state index in [2.05, 4.69) is 46.9 Å². The molecule has 0 spiro atoms. The van der Waals surface area contributed by atoms with Gasteiger partial charge in [0, 0.05) is 25.5 Å². The van der Waals surface area contributed by atoms with E-state index in [9.17, 15) is 0 Å². The Morgan fingerprint density at radius 2 is 1.94 bits per heavy atom. The first kappa shape index (κ1) is 13.4. The van der Waals surface area contributed by atoms with Crippen LogP contribution in [0.4, 0.5) is 5.82 Å². The molecule has 92 valence electrons. The second-order valence-electron chi connectivity index (χ2n) is 4.08. The standard InChI is InChI=1S/C12H19N5/c1-4-17(9-5-8-16(2)3)12-11(10-13)14-6-7-15-12/h6-7H,4-5,8-9H2,1-3H3. The van der Waals surface area contributed by atoms with E-state index in [1.807, 2.05) is 0 Å². The minimum absolute atomic E-state index is 0.402. The molecule has 0 radical (unpaired) electrons. The summed E-state index contributed by atoms with van der Waals surface area (Å²) < 4.78 is 0. The molecule has 0 saturated heterocycles. The number of nitriles is 1. The van der Waals surface area contributed by atoms with Crippen LogP contribution >= 0.6 is 0 Å². The number of aromatic nitrogens is 2. The molecule has 0 atom stereocenters. The van der Waals surface area contributed by atoms with Crippen LogP contribution in [0, 0.1) is 11.3 Å². The third-order valence-electron chi connectivity index (χ3n) is 2.50. The van der Waals surface area contributed by atoms with Crippen LogP contribution in [0.3, 0.4) is 0 Å². The van der Waals surface area contributed by atoms with Crippen molar-refractivity contribution in [2.24, 2.45) is 0 Å². The lowest BCUT2D eigenvalue weighted by Gasteiger charge is -2.22. The summed E-state index contributed by atoms with van der Waals surface area (Å²) in [7, 11) is 4.11. The summed E-state index contributed by atoms with van der Waals surface area (Å²) in [5.74, 6) is 0.691. The molecule has 0 amide bonds. The minimum atomic E-state index is 0.402. The lowest BCUT2D eigenvalue weighted by molar-refractivity contribution is 0.400. The molecule has 0 fully saturated rings. The van der Waals surface area contributed by atoms with Gasteiger partial charge in [-0.15, -0.1) is 0 Å². The highest BCUT2D eigenvalue weighted by atomic mass is 15.2. The van der Waals surface area contributed by atoms with E-state index in [0.29, 0.717) is 11.5 Å². The van der Waals surface area contributed by atoms with Crippen LogP contribution in [0.5, 0.6) is 0 Å². The number of anilines is 1. The predicted molar refractivity (Wildman–Crippen MR) is 67.8 cm³/mol. The topological polar surface area (TPSA) is 56.1 Å². The van der Waals surface area contributed by atoms with Gasteiger partial charge < -0.3 is 9.80 Å². The Balaban J connectivity index is 2.70. The second-order valence-corrected chi connectivity index (χ2v) is 4.08. The van der Waals surface area contributed by atoms with Crippen molar-refractivity contribution in [2.75, 3.05) is 38.6 Å². The summed E-state index contributed by atoms with van der Waals surface area (Å²) in [6, 6.07) is 2.08. The molecule has 0 saturated carbocycles. The Hall–Kier alpha value is -1.67. The molecule has 1 rings (SSSR count). The van der Waals surface area contributed by atoms with Gasteiger partial charge >= 0.3 is 0 Å². The van der Waals surface area contributed by atoms with Crippen molar-refractivity contribution >= 4 is 5.82 Å². The number of hydrogen-bond acceptors (Lipinski definition) is 5. The van der Waals surface area contributed by atoms with Crippen molar-refractivity contribution in [2.45, 2.75) is 13.3 Å². The average molecular weight is 233 g/mol. The highest BCUT2D eigenvalue weighted by molar-refractivity contribution is 5.49. The van der Waals surface area contributed by atoms with Gasteiger partial charge in [0.1, 0.15) is 6.07 Å². The maximum Gasteiger partial charge on any atom is 0.183 e. The van der Waals surface area contributed by atoms with E-state index in [4.69, 9.17) is 5.26 Å². The molecule has 5 heteroatoms. The van der Waals surface area contributed by atoms with Crippen LogP contribution in [0.2, 0.25) is 0 Å². The summed E-state index contributed by atoms with van der Waals surface area (Å²) in [5.41, 5.74) is 0.402. The molecule has 1 aromatic heterocycles. The van der Waals surface area contributed by atoms with Crippen LogP contribution in [0.1, 0.15) is 19.0 Å². The summed E-state index contributed by atoms with van der Waals surface area (Å²) in [6.07, 6.45) is 4.22. The van der Waals surface area contributed by atoms with Crippen LogP contribution in [0.25, 0.3) is 0 Å². The quantitative estimate of drug-likeness (QED) is 0.737. The molecule has 17 heavy (non-hydrogen) atoms. The van der Waals surface area contributed by atoms with Gasteiger partial charge in [-0.05, 0) is 34.0 Å². The first-order valence-corrected chi connectivity index (χ1v) is 5.79. The molecule has 0 unspecified atom stereocenters. The minimum Gasteiger partial charge on any atom is -0.354 e. The van der Waals surface area contributed by atoms with E-state index in [0.717, 1.165) is 26.1 Å². The molecule has 0 aliphatic rings. The Morgan fingerprint density at radius 1 is 1.24 bits per heavy atom. The highest BCUT2D eigenvalue weighted by Gasteiger charge is 2.11. The molecule has 0 N–H and O–H groups in total. The van der Waals surface area contributed by atoms with Crippen molar-refractivity contribution in [3.63, 3.8) is 0 Å². The van der Waals surface area contributed by atoms with E-state index in [-0.39, 0.29) is 0 Å². The third-order valence-corrected chi connectivity index (χ3v) is 2.50. The smallest absolute Gasteiger partial charge is 0.183 e. The van der Waals surface area contributed by atoms with Gasteiger partial charge in [0.2, 0.25) is 0 Å². The second kappa shape index (κ2) is 6.81. The zero-order valence-electron chi connectivity index (χ0n) is 10.7. The van der Waals surface area contributed by atoms with Gasteiger partial charge in [-0.3, -0.25) is 0 Å². The van der Waals surface area contributed by atoms with Crippen molar-refractivity contribution in [3.8, 4) is 6.07 Å². The van der Waals surface area contributed by atoms with Crippen molar-refractivity contribution in [1.82, 2.24) is 14.9 Å². The van der Waals surface area contributed by atoms with Crippen molar-refractivity contribution in [3.05, 3.63) is 18.1 Å². The van der Waals surface area contributed by atoms with Crippen molar-refractivity contribution in [1.29, 1.82) is 5.26 Å².